The van der Waals surface area contributed by atoms with Crippen molar-refractivity contribution in [3.8, 4) is 6.07 Å². The average molecular weight is 268 g/mol. The van der Waals surface area contributed by atoms with E-state index in [0.29, 0.717) is 32.5 Å². The largest absolute Gasteiger partial charge is 0.336 e. The molecule has 0 spiro atoms. The van der Waals surface area contributed by atoms with E-state index in [1.54, 1.807) is 10.8 Å². The van der Waals surface area contributed by atoms with E-state index in [-0.39, 0.29) is 10.9 Å². The molecule has 1 aromatic heterocycles. The molecule has 7 heteroatoms. The lowest BCUT2D eigenvalue weighted by atomic mass is 10.0. The molecular weight excluding hydrogens is 252 g/mol. The van der Waals surface area contributed by atoms with Gasteiger partial charge in [0.15, 0.2) is 5.03 Å². The predicted molar refractivity (Wildman–Crippen MR) is 65.0 cm³/mol. The molecule has 2 rings (SSSR count). The summed E-state index contributed by atoms with van der Waals surface area (Å²) in [5.74, 6) is -0.0235. The second-order valence-corrected chi connectivity index (χ2v) is 6.23. The molecule has 0 saturated carbocycles. The van der Waals surface area contributed by atoms with Crippen molar-refractivity contribution in [1.29, 1.82) is 5.26 Å². The Morgan fingerprint density at radius 3 is 2.67 bits per heavy atom. The molecule has 1 aliphatic rings. The number of imidazole rings is 1. The standard InChI is InChI=1S/C11H16N4O2S/c1-2-14-8-11(13-9-14)18(16,17)15-5-3-10(7-12)4-6-15/h8-10H,2-6H2,1H3. The summed E-state index contributed by atoms with van der Waals surface area (Å²) in [6.45, 7) is 3.43. The molecule has 18 heavy (non-hydrogen) atoms. The molecule has 0 bridgehead atoms. The molecule has 0 atom stereocenters. The van der Waals surface area contributed by atoms with Crippen LogP contribution in [0.2, 0.25) is 0 Å². The van der Waals surface area contributed by atoms with E-state index in [1.165, 1.54) is 10.6 Å². The van der Waals surface area contributed by atoms with Crippen LogP contribution in [0.25, 0.3) is 0 Å². The van der Waals surface area contributed by atoms with Crippen LogP contribution >= 0.6 is 0 Å². The van der Waals surface area contributed by atoms with Crippen molar-refractivity contribution >= 4 is 10.0 Å². The van der Waals surface area contributed by atoms with Crippen molar-refractivity contribution in [2.24, 2.45) is 5.92 Å². The van der Waals surface area contributed by atoms with Gasteiger partial charge in [0.1, 0.15) is 0 Å². The molecule has 0 radical (unpaired) electrons. The van der Waals surface area contributed by atoms with Crippen LogP contribution in [0, 0.1) is 17.2 Å². The van der Waals surface area contributed by atoms with Gasteiger partial charge in [-0.05, 0) is 19.8 Å². The third-order valence-corrected chi connectivity index (χ3v) is 5.00. The number of aryl methyl sites for hydroxylation is 1. The summed E-state index contributed by atoms with van der Waals surface area (Å²) < 4.78 is 27.7. The Kier molecular flexibility index (Phi) is 3.68. The highest BCUT2D eigenvalue weighted by atomic mass is 32.2. The maximum atomic E-state index is 12.3. The Morgan fingerprint density at radius 1 is 1.50 bits per heavy atom. The van der Waals surface area contributed by atoms with Crippen LogP contribution in [0.5, 0.6) is 0 Å². The topological polar surface area (TPSA) is 79.0 Å². The van der Waals surface area contributed by atoms with Crippen LogP contribution in [-0.4, -0.2) is 35.4 Å². The van der Waals surface area contributed by atoms with Crippen molar-refractivity contribution in [2.75, 3.05) is 13.1 Å². The van der Waals surface area contributed by atoms with Crippen molar-refractivity contribution in [2.45, 2.75) is 31.3 Å². The zero-order valence-corrected chi connectivity index (χ0v) is 11.1. The quantitative estimate of drug-likeness (QED) is 0.813. The fourth-order valence-corrected chi connectivity index (χ4v) is 3.41. The summed E-state index contributed by atoms with van der Waals surface area (Å²) >= 11 is 0. The zero-order chi connectivity index (χ0) is 13.2. The van der Waals surface area contributed by atoms with Crippen molar-refractivity contribution in [3.05, 3.63) is 12.5 Å². The molecule has 98 valence electrons. The second-order valence-electron chi connectivity index (χ2n) is 4.35. The van der Waals surface area contributed by atoms with Gasteiger partial charge < -0.3 is 4.57 Å². The molecule has 6 nitrogen and oxygen atoms in total. The lowest BCUT2D eigenvalue weighted by molar-refractivity contribution is 0.309. The van der Waals surface area contributed by atoms with Gasteiger partial charge >= 0.3 is 0 Å². The van der Waals surface area contributed by atoms with Crippen molar-refractivity contribution in [1.82, 2.24) is 13.9 Å². The fourth-order valence-electron chi connectivity index (χ4n) is 2.00. The van der Waals surface area contributed by atoms with Gasteiger partial charge in [-0.25, -0.2) is 13.4 Å². The summed E-state index contributed by atoms with van der Waals surface area (Å²) in [5.41, 5.74) is 0. The second kappa shape index (κ2) is 5.08. The lowest BCUT2D eigenvalue weighted by Gasteiger charge is -2.27. The average Bonchev–Trinajstić information content (AvgIpc) is 2.88. The predicted octanol–water partition coefficient (Wildman–Crippen LogP) is 0.827. The van der Waals surface area contributed by atoms with E-state index >= 15 is 0 Å². The van der Waals surface area contributed by atoms with Crippen LogP contribution in [0.3, 0.4) is 0 Å². The Bertz CT molecular complexity index is 550. The first-order valence-corrected chi connectivity index (χ1v) is 7.43. The molecule has 1 aliphatic heterocycles. The number of piperidine rings is 1. The fraction of sp³-hybridized carbons (Fsp3) is 0.636. The van der Waals surface area contributed by atoms with Gasteiger partial charge in [-0.15, -0.1) is 0 Å². The number of hydrogen-bond acceptors (Lipinski definition) is 4. The maximum absolute atomic E-state index is 12.3. The Morgan fingerprint density at radius 2 is 2.17 bits per heavy atom. The van der Waals surface area contributed by atoms with Gasteiger partial charge in [-0.3, -0.25) is 0 Å². The van der Waals surface area contributed by atoms with E-state index in [4.69, 9.17) is 5.26 Å². The number of nitrogens with zero attached hydrogens (tertiary/aromatic N) is 4. The summed E-state index contributed by atoms with van der Waals surface area (Å²) in [4.78, 5) is 3.94. The van der Waals surface area contributed by atoms with E-state index in [9.17, 15) is 8.42 Å². The summed E-state index contributed by atoms with van der Waals surface area (Å²) in [6.07, 6.45) is 4.27. The Labute approximate surface area is 107 Å². The van der Waals surface area contributed by atoms with E-state index < -0.39 is 10.0 Å². The van der Waals surface area contributed by atoms with Crippen molar-refractivity contribution in [3.63, 3.8) is 0 Å². The number of sulfonamides is 1. The molecule has 0 aliphatic carbocycles. The summed E-state index contributed by atoms with van der Waals surface area (Å²) in [7, 11) is -3.49. The molecule has 0 unspecified atom stereocenters. The molecule has 2 heterocycles. The van der Waals surface area contributed by atoms with Gasteiger partial charge in [0.25, 0.3) is 10.0 Å². The Balaban J connectivity index is 2.15. The van der Waals surface area contributed by atoms with Crippen LogP contribution < -0.4 is 0 Å². The van der Waals surface area contributed by atoms with Gasteiger partial charge in [0, 0.05) is 31.7 Å². The Hall–Kier alpha value is -1.39. The third-order valence-electron chi connectivity index (χ3n) is 3.22. The van der Waals surface area contributed by atoms with Gasteiger partial charge in [-0.1, -0.05) is 0 Å². The minimum atomic E-state index is -3.49. The first kappa shape index (κ1) is 13.1. The maximum Gasteiger partial charge on any atom is 0.262 e. The minimum absolute atomic E-state index is 0.0235. The van der Waals surface area contributed by atoms with Gasteiger partial charge in [-0.2, -0.15) is 9.57 Å². The highest BCUT2D eigenvalue weighted by Gasteiger charge is 2.30. The van der Waals surface area contributed by atoms with Gasteiger partial charge in [0.2, 0.25) is 0 Å². The van der Waals surface area contributed by atoms with E-state index in [1.807, 2.05) is 6.92 Å². The lowest BCUT2D eigenvalue weighted by Crippen LogP contribution is -2.38. The number of rotatable bonds is 3. The monoisotopic (exact) mass is 268 g/mol. The molecule has 0 amide bonds. The first-order valence-electron chi connectivity index (χ1n) is 5.99. The minimum Gasteiger partial charge on any atom is -0.336 e. The third kappa shape index (κ3) is 2.40. The summed E-state index contributed by atoms with van der Waals surface area (Å²) in [5, 5.41) is 8.90. The van der Waals surface area contributed by atoms with Crippen LogP contribution in [0.1, 0.15) is 19.8 Å². The first-order chi connectivity index (χ1) is 8.57. The zero-order valence-electron chi connectivity index (χ0n) is 10.3. The van der Waals surface area contributed by atoms with Crippen LogP contribution in [0.15, 0.2) is 17.6 Å². The van der Waals surface area contributed by atoms with Gasteiger partial charge in [0.05, 0.1) is 12.4 Å². The van der Waals surface area contributed by atoms with E-state index in [2.05, 4.69) is 11.1 Å². The SMILES string of the molecule is CCn1cnc(S(=O)(=O)N2CCC(C#N)CC2)c1. The van der Waals surface area contributed by atoms with E-state index in [0.717, 1.165) is 0 Å². The molecular formula is C11H16N4O2S. The molecule has 0 N–H and O–H groups in total. The van der Waals surface area contributed by atoms with Crippen LogP contribution in [0.4, 0.5) is 0 Å². The van der Waals surface area contributed by atoms with Crippen LogP contribution in [-0.2, 0) is 16.6 Å². The molecule has 1 aromatic rings. The number of hydrogen-bond donors (Lipinski definition) is 0. The molecule has 1 saturated heterocycles. The summed E-state index contributed by atoms with van der Waals surface area (Å²) in [6, 6.07) is 2.19. The highest BCUT2D eigenvalue weighted by molar-refractivity contribution is 7.89. The number of nitriles is 1. The highest BCUT2D eigenvalue weighted by Crippen LogP contribution is 2.22. The number of aromatic nitrogens is 2. The normalized spacial score (nSPS) is 18.7. The molecule has 0 aromatic carbocycles. The smallest absolute Gasteiger partial charge is 0.262 e. The van der Waals surface area contributed by atoms with Crippen molar-refractivity contribution < 1.29 is 8.42 Å². The molecule has 1 fully saturated rings.